The fraction of sp³-hybridized carbons (Fsp3) is 0.174. The molecule has 0 aliphatic heterocycles. The van der Waals surface area contributed by atoms with Crippen molar-refractivity contribution in [1.82, 2.24) is 0 Å². The van der Waals surface area contributed by atoms with Crippen molar-refractivity contribution in [1.29, 1.82) is 0 Å². The molecular formula is C23H25BrO2P+. The van der Waals surface area contributed by atoms with Gasteiger partial charge >= 0.3 is 5.97 Å². The van der Waals surface area contributed by atoms with Crippen molar-refractivity contribution >= 4 is 46.1 Å². The van der Waals surface area contributed by atoms with Crippen molar-refractivity contribution < 1.29 is 9.53 Å². The lowest BCUT2D eigenvalue weighted by Crippen LogP contribution is -2.41. The molecule has 0 N–H and O–H groups in total. The number of esters is 1. The monoisotopic (exact) mass is 443 g/mol. The van der Waals surface area contributed by atoms with E-state index in [1.807, 2.05) is 68.4 Å². The van der Waals surface area contributed by atoms with Crippen molar-refractivity contribution in [3.05, 3.63) is 91.0 Å². The van der Waals surface area contributed by atoms with E-state index in [9.17, 15) is 4.79 Å². The lowest BCUT2D eigenvalue weighted by Gasteiger charge is -2.31. The van der Waals surface area contributed by atoms with Crippen LogP contribution in [0.25, 0.3) is 0 Å². The normalized spacial score (nSPS) is 11.9. The molecule has 0 saturated carbocycles. The molecule has 27 heavy (non-hydrogen) atoms. The van der Waals surface area contributed by atoms with E-state index in [0.29, 0.717) is 6.61 Å². The van der Waals surface area contributed by atoms with Crippen molar-refractivity contribution in [3.8, 4) is 0 Å². The first-order valence-corrected chi connectivity index (χ1v) is 10.8. The topological polar surface area (TPSA) is 26.3 Å². The van der Waals surface area contributed by atoms with E-state index in [1.165, 1.54) is 15.9 Å². The second-order valence-electron chi connectivity index (χ2n) is 6.16. The van der Waals surface area contributed by atoms with Gasteiger partial charge in [-0.25, -0.2) is 4.79 Å². The highest BCUT2D eigenvalue weighted by Crippen LogP contribution is 2.59. The van der Waals surface area contributed by atoms with E-state index in [-0.39, 0.29) is 28.6 Å². The van der Waals surface area contributed by atoms with Gasteiger partial charge < -0.3 is 4.74 Å². The minimum absolute atomic E-state index is 0. The number of carbonyl (C=O) groups excluding carboxylic acids is 1. The lowest BCUT2D eigenvalue weighted by atomic mass is 10.3. The summed E-state index contributed by atoms with van der Waals surface area (Å²) in [5.41, 5.74) is -0.269. The van der Waals surface area contributed by atoms with Gasteiger partial charge in [-0.1, -0.05) is 54.6 Å². The summed E-state index contributed by atoms with van der Waals surface area (Å²) in [6, 6.07) is 31.2. The van der Waals surface area contributed by atoms with Gasteiger partial charge in [-0.15, -0.1) is 17.0 Å². The number of hydrogen-bond donors (Lipinski definition) is 0. The van der Waals surface area contributed by atoms with Gasteiger partial charge in [-0.3, -0.25) is 0 Å². The van der Waals surface area contributed by atoms with Gasteiger partial charge in [0.25, 0.3) is 0 Å². The molecule has 1 atom stereocenters. The van der Waals surface area contributed by atoms with E-state index in [1.54, 1.807) is 0 Å². The Balaban J connectivity index is 0.00000261. The number of benzene rings is 3. The number of carbonyl (C=O) groups is 1. The second-order valence-corrected chi connectivity index (χ2v) is 9.93. The summed E-state index contributed by atoms with van der Waals surface area (Å²) in [4.78, 5) is 12.9. The van der Waals surface area contributed by atoms with E-state index < -0.39 is 7.26 Å². The number of rotatable bonds is 6. The van der Waals surface area contributed by atoms with Crippen LogP contribution in [0.2, 0.25) is 0 Å². The lowest BCUT2D eigenvalue weighted by molar-refractivity contribution is -0.142. The number of hydrogen-bond acceptors (Lipinski definition) is 2. The van der Waals surface area contributed by atoms with Crippen LogP contribution in [-0.2, 0) is 9.53 Å². The summed E-state index contributed by atoms with van der Waals surface area (Å²) >= 11 is 0. The van der Waals surface area contributed by atoms with E-state index in [4.69, 9.17) is 4.74 Å². The Morgan fingerprint density at radius 1 is 0.778 bits per heavy atom. The van der Waals surface area contributed by atoms with Crippen LogP contribution in [0.4, 0.5) is 0 Å². The quantitative estimate of drug-likeness (QED) is 0.413. The molecule has 3 aromatic rings. The summed E-state index contributed by atoms with van der Waals surface area (Å²) in [6.07, 6.45) is 0. The van der Waals surface area contributed by atoms with Crippen LogP contribution in [0.15, 0.2) is 91.0 Å². The summed E-state index contributed by atoms with van der Waals surface area (Å²) in [7, 11) is -2.20. The van der Waals surface area contributed by atoms with Gasteiger partial charge in [0, 0.05) is 0 Å². The molecule has 0 bridgehead atoms. The second kappa shape index (κ2) is 9.82. The minimum Gasteiger partial charge on any atom is -0.463 e. The molecule has 3 rings (SSSR count). The highest BCUT2D eigenvalue weighted by atomic mass is 79.9. The zero-order valence-electron chi connectivity index (χ0n) is 15.6. The van der Waals surface area contributed by atoms with Crippen LogP contribution >= 0.6 is 24.2 Å². The Bertz CT molecular complexity index is 741. The zero-order chi connectivity index (χ0) is 18.4. The van der Waals surface area contributed by atoms with Gasteiger partial charge in [0.1, 0.15) is 23.2 Å². The first kappa shape index (κ1) is 21.3. The molecule has 0 aromatic heterocycles. The molecule has 0 aliphatic carbocycles. The number of halogens is 1. The van der Waals surface area contributed by atoms with Gasteiger partial charge in [0.05, 0.1) is 6.61 Å². The highest BCUT2D eigenvalue weighted by Gasteiger charge is 2.54. The Morgan fingerprint density at radius 2 is 1.11 bits per heavy atom. The van der Waals surface area contributed by atoms with Gasteiger partial charge in [-0.2, -0.15) is 0 Å². The third-order valence-electron chi connectivity index (χ3n) is 4.70. The van der Waals surface area contributed by atoms with E-state index in [0.717, 1.165) is 0 Å². The zero-order valence-corrected chi connectivity index (χ0v) is 18.2. The minimum atomic E-state index is -2.20. The van der Waals surface area contributed by atoms with Crippen LogP contribution in [0, 0.1) is 0 Å². The molecule has 4 heteroatoms. The molecule has 0 radical (unpaired) electrons. The fourth-order valence-electron chi connectivity index (χ4n) is 3.53. The summed E-state index contributed by atoms with van der Waals surface area (Å²) in [5, 5.41) is 3.58. The van der Waals surface area contributed by atoms with Crippen LogP contribution in [-0.4, -0.2) is 18.2 Å². The molecule has 0 heterocycles. The average molecular weight is 444 g/mol. The first-order chi connectivity index (χ1) is 12.7. The molecule has 0 aliphatic rings. The van der Waals surface area contributed by atoms with Gasteiger partial charge in [0.2, 0.25) is 0 Å². The smallest absolute Gasteiger partial charge is 0.347 e. The third-order valence-corrected chi connectivity index (χ3v) is 9.41. The summed E-state index contributed by atoms with van der Waals surface area (Å²) in [6.45, 7) is 4.26. The maximum absolute atomic E-state index is 12.9. The molecule has 1 unspecified atom stereocenters. The van der Waals surface area contributed by atoms with Crippen LogP contribution in [0.3, 0.4) is 0 Å². The molecule has 3 aromatic carbocycles. The number of ether oxygens (including phenoxy) is 1. The predicted molar refractivity (Wildman–Crippen MR) is 122 cm³/mol. The summed E-state index contributed by atoms with van der Waals surface area (Å²) < 4.78 is 5.46. The Hall–Kier alpha value is -1.96. The van der Waals surface area contributed by atoms with E-state index in [2.05, 4.69) is 36.4 Å². The molecule has 2 nitrogen and oxygen atoms in total. The van der Waals surface area contributed by atoms with Crippen molar-refractivity contribution in [2.45, 2.75) is 19.5 Å². The van der Waals surface area contributed by atoms with Crippen LogP contribution in [0.1, 0.15) is 13.8 Å². The van der Waals surface area contributed by atoms with Gasteiger partial charge in [0.15, 0.2) is 5.66 Å². The Kier molecular flexibility index (Phi) is 7.77. The molecule has 0 spiro atoms. The van der Waals surface area contributed by atoms with Gasteiger partial charge in [-0.05, 0) is 50.2 Å². The largest absolute Gasteiger partial charge is 0.463 e. The molecular weight excluding hydrogens is 419 g/mol. The maximum Gasteiger partial charge on any atom is 0.347 e. The molecule has 0 saturated heterocycles. The highest BCUT2D eigenvalue weighted by molar-refractivity contribution is 8.93. The molecule has 0 amide bonds. The SMILES string of the molecule is Br.CCOC(=O)C(C)[P+](c1ccccc1)(c1ccccc1)c1ccccc1. The van der Waals surface area contributed by atoms with Crippen molar-refractivity contribution in [3.63, 3.8) is 0 Å². The Labute approximate surface area is 172 Å². The molecule has 0 fully saturated rings. The standard InChI is InChI=1S/C23H24O2P.BrH/c1-3-25-23(24)19(2)26(20-13-7-4-8-14-20,21-15-9-5-10-16-21)22-17-11-6-12-18-22;/h4-19H,3H2,1-2H3;1H/q+1;. The fourth-order valence-corrected chi connectivity index (χ4v) is 8.08. The summed E-state index contributed by atoms with van der Waals surface area (Å²) in [5.74, 6) is -0.141. The maximum atomic E-state index is 12.9. The van der Waals surface area contributed by atoms with Crippen LogP contribution < -0.4 is 15.9 Å². The van der Waals surface area contributed by atoms with Crippen molar-refractivity contribution in [2.75, 3.05) is 6.61 Å². The predicted octanol–water partition coefficient (Wildman–Crippen LogP) is 4.51. The molecule has 140 valence electrons. The van der Waals surface area contributed by atoms with Crippen LogP contribution in [0.5, 0.6) is 0 Å². The Morgan fingerprint density at radius 3 is 1.41 bits per heavy atom. The average Bonchev–Trinajstić information content (AvgIpc) is 2.71. The third kappa shape index (κ3) is 4.15. The first-order valence-electron chi connectivity index (χ1n) is 8.93. The van der Waals surface area contributed by atoms with Crippen molar-refractivity contribution in [2.24, 2.45) is 0 Å². The van der Waals surface area contributed by atoms with E-state index >= 15 is 0 Å².